The van der Waals surface area contributed by atoms with Crippen LogP contribution in [0.15, 0.2) is 42.0 Å². The van der Waals surface area contributed by atoms with Gasteiger partial charge in [0, 0.05) is 25.4 Å². The Labute approximate surface area is 200 Å². The van der Waals surface area contributed by atoms with Crippen molar-refractivity contribution in [1.29, 1.82) is 5.26 Å². The lowest BCUT2D eigenvalue weighted by molar-refractivity contribution is -0.114. The van der Waals surface area contributed by atoms with Gasteiger partial charge >= 0.3 is 0 Å². The third-order valence-corrected chi connectivity index (χ3v) is 5.35. The Kier molecular flexibility index (Phi) is 11.1. The van der Waals surface area contributed by atoms with Crippen molar-refractivity contribution < 1.29 is 9.53 Å². The minimum atomic E-state index is -0.693. The number of carbonyl (C=O) groups is 1. The molecule has 0 aliphatic carbocycles. The molecule has 2 rings (SSSR count). The van der Waals surface area contributed by atoms with Gasteiger partial charge < -0.3 is 15.4 Å². The summed E-state index contributed by atoms with van der Waals surface area (Å²) in [5.74, 6) is 0.0596. The van der Waals surface area contributed by atoms with Crippen molar-refractivity contribution in [3.05, 3.63) is 47.5 Å². The Morgan fingerprint density at radius 3 is 2.15 bits per heavy atom. The average molecular weight is 452 g/mol. The molecule has 0 spiro atoms. The van der Waals surface area contributed by atoms with E-state index in [0.717, 1.165) is 48.4 Å². The second kappa shape index (κ2) is 13.0. The molecule has 0 saturated carbocycles. The maximum absolute atomic E-state index is 11.3. The van der Waals surface area contributed by atoms with Crippen LogP contribution in [0.25, 0.3) is 16.3 Å². The zero-order valence-corrected chi connectivity index (χ0v) is 21.7. The van der Waals surface area contributed by atoms with Crippen molar-refractivity contribution in [3.8, 4) is 6.07 Å². The van der Waals surface area contributed by atoms with Gasteiger partial charge in [-0.25, -0.2) is 0 Å². The van der Waals surface area contributed by atoms with Crippen molar-refractivity contribution in [3.63, 3.8) is 0 Å². The van der Waals surface area contributed by atoms with Gasteiger partial charge in [0.15, 0.2) is 0 Å². The molecule has 2 N–H and O–H groups in total. The van der Waals surface area contributed by atoms with E-state index in [9.17, 15) is 4.79 Å². The Morgan fingerprint density at radius 1 is 1.09 bits per heavy atom. The van der Waals surface area contributed by atoms with Crippen LogP contribution in [0.4, 0.5) is 5.69 Å². The molecular weight excluding hydrogens is 410 g/mol. The van der Waals surface area contributed by atoms with Crippen LogP contribution in [-0.2, 0) is 9.53 Å². The summed E-state index contributed by atoms with van der Waals surface area (Å²) in [6.45, 7) is 19.5. The number of amides is 1. The molecule has 5 nitrogen and oxygen atoms in total. The van der Waals surface area contributed by atoms with Gasteiger partial charge in [0.2, 0.25) is 0 Å². The number of benzene rings is 2. The summed E-state index contributed by atoms with van der Waals surface area (Å²) in [5.41, 5.74) is 7.93. The molecule has 1 amide bonds. The van der Waals surface area contributed by atoms with E-state index in [1.165, 1.54) is 5.69 Å². The zero-order valence-electron chi connectivity index (χ0n) is 21.7. The number of nitriles is 1. The number of hydrogen-bond donors (Lipinski definition) is 1. The highest BCUT2D eigenvalue weighted by atomic mass is 16.5. The second-order valence-electron chi connectivity index (χ2n) is 9.54. The predicted molar refractivity (Wildman–Crippen MR) is 140 cm³/mol. The van der Waals surface area contributed by atoms with Crippen molar-refractivity contribution >= 4 is 27.9 Å². The van der Waals surface area contributed by atoms with E-state index in [1.807, 2.05) is 24.3 Å². The van der Waals surface area contributed by atoms with Gasteiger partial charge in [-0.1, -0.05) is 32.0 Å². The fourth-order valence-corrected chi connectivity index (χ4v) is 3.32. The van der Waals surface area contributed by atoms with E-state index >= 15 is 0 Å². The van der Waals surface area contributed by atoms with Crippen LogP contribution in [0.1, 0.15) is 67.4 Å². The lowest BCUT2D eigenvalue weighted by Gasteiger charge is -2.21. The van der Waals surface area contributed by atoms with Crippen LogP contribution in [-0.4, -0.2) is 31.2 Å². The fraction of sp³-hybridized carbons (Fsp3) is 0.500. The molecular formula is C28H41N3O2. The molecule has 0 radical (unpaired) electrons. The first-order valence-electron chi connectivity index (χ1n) is 11.8. The Balaban J connectivity index is 0.000000461. The molecule has 0 bridgehead atoms. The first-order chi connectivity index (χ1) is 15.4. The number of nitrogens with two attached hydrogens (primary N) is 1. The van der Waals surface area contributed by atoms with E-state index < -0.39 is 5.91 Å². The van der Waals surface area contributed by atoms with E-state index in [4.69, 9.17) is 15.7 Å². The number of primary amides is 1. The number of carbonyl (C=O) groups excluding carboxylic acids is 1. The molecule has 0 atom stereocenters. The van der Waals surface area contributed by atoms with E-state index in [-0.39, 0.29) is 11.2 Å². The van der Waals surface area contributed by atoms with Gasteiger partial charge in [-0.2, -0.15) is 5.26 Å². The topological polar surface area (TPSA) is 79.3 Å². The van der Waals surface area contributed by atoms with E-state index in [1.54, 1.807) is 6.92 Å². The number of rotatable bonds is 8. The Bertz CT molecular complexity index is 990. The summed E-state index contributed by atoms with van der Waals surface area (Å²) >= 11 is 0. The summed E-state index contributed by atoms with van der Waals surface area (Å²) in [7, 11) is 0. The van der Waals surface area contributed by atoms with Gasteiger partial charge in [0.1, 0.15) is 11.6 Å². The summed E-state index contributed by atoms with van der Waals surface area (Å²) < 4.78 is 5.54. The molecule has 5 heteroatoms. The van der Waals surface area contributed by atoms with Crippen molar-refractivity contribution in [2.45, 2.75) is 67.4 Å². The third-order valence-electron chi connectivity index (χ3n) is 5.35. The third kappa shape index (κ3) is 9.27. The van der Waals surface area contributed by atoms with E-state index in [0.29, 0.717) is 5.57 Å². The molecule has 0 heterocycles. The minimum Gasteiger partial charge on any atom is -0.376 e. The summed E-state index contributed by atoms with van der Waals surface area (Å²) in [6.07, 6.45) is 1.16. The van der Waals surface area contributed by atoms with Crippen LogP contribution in [0, 0.1) is 17.2 Å². The van der Waals surface area contributed by atoms with Crippen LogP contribution < -0.4 is 10.6 Å². The van der Waals surface area contributed by atoms with Gasteiger partial charge in [-0.15, -0.1) is 0 Å². The molecule has 2 aromatic rings. The molecule has 0 fully saturated rings. The van der Waals surface area contributed by atoms with E-state index in [2.05, 4.69) is 71.6 Å². The number of hydrogen-bond acceptors (Lipinski definition) is 4. The number of nitrogens with zero attached hydrogens (tertiary/aromatic N) is 2. The minimum absolute atomic E-state index is 0.00381. The van der Waals surface area contributed by atoms with Gasteiger partial charge in [0.05, 0.1) is 5.60 Å². The number of allylic oxidation sites excluding steroid dienone is 1. The Hall–Kier alpha value is -2.84. The molecule has 180 valence electrons. The van der Waals surface area contributed by atoms with Gasteiger partial charge in [-0.05, 0) is 94.0 Å². The summed E-state index contributed by atoms with van der Waals surface area (Å²) in [6, 6.07) is 14.1. The van der Waals surface area contributed by atoms with Crippen molar-refractivity contribution in [2.24, 2.45) is 11.7 Å². The molecule has 0 saturated heterocycles. The first-order valence-corrected chi connectivity index (χ1v) is 11.8. The fourth-order valence-electron chi connectivity index (χ4n) is 3.32. The SMILES string of the molecule is CC(C)CCOC(C)(C)C.CCN(CC)c1ccc2cc(/C(C)=C(\C#N)C(N)=O)ccc2c1. The Morgan fingerprint density at radius 2 is 1.67 bits per heavy atom. The lowest BCUT2D eigenvalue weighted by Crippen LogP contribution is -2.21. The maximum Gasteiger partial charge on any atom is 0.259 e. The normalized spacial score (nSPS) is 12.0. The highest BCUT2D eigenvalue weighted by Gasteiger charge is 2.11. The van der Waals surface area contributed by atoms with Crippen molar-refractivity contribution in [2.75, 3.05) is 24.6 Å². The smallest absolute Gasteiger partial charge is 0.259 e. The van der Waals surface area contributed by atoms with Gasteiger partial charge in [-0.3, -0.25) is 4.79 Å². The average Bonchev–Trinajstić information content (AvgIpc) is 2.73. The molecule has 2 aromatic carbocycles. The molecule has 0 aromatic heterocycles. The number of anilines is 1. The standard InChI is InChI=1S/C19H21N3O.C9H20O/c1-4-22(5-2)17-9-8-15-10-14(6-7-16(15)11-17)13(3)18(12-20)19(21)23;1-8(2)6-7-10-9(3,4)5/h6-11H,4-5H2,1-3H3,(H2,21,23);8H,6-7H2,1-5H3/b18-13+;. The monoisotopic (exact) mass is 451 g/mol. The second-order valence-corrected chi connectivity index (χ2v) is 9.54. The molecule has 0 aliphatic rings. The molecule has 0 aliphatic heterocycles. The van der Waals surface area contributed by atoms with Crippen LogP contribution >= 0.6 is 0 Å². The quantitative estimate of drug-likeness (QED) is 0.376. The predicted octanol–water partition coefficient (Wildman–Crippen LogP) is 6.32. The zero-order chi connectivity index (χ0) is 25.2. The maximum atomic E-state index is 11.3. The first kappa shape index (κ1) is 28.2. The lowest BCUT2D eigenvalue weighted by atomic mass is 9.98. The van der Waals surface area contributed by atoms with Crippen LogP contribution in [0.5, 0.6) is 0 Å². The number of ether oxygens (including phenoxy) is 1. The van der Waals surface area contributed by atoms with Crippen molar-refractivity contribution in [1.82, 2.24) is 0 Å². The summed E-state index contributed by atoms with van der Waals surface area (Å²) in [4.78, 5) is 13.6. The summed E-state index contributed by atoms with van der Waals surface area (Å²) in [5, 5.41) is 11.3. The highest BCUT2D eigenvalue weighted by Crippen LogP contribution is 2.26. The number of fused-ring (bicyclic) bond motifs is 1. The van der Waals surface area contributed by atoms with Crippen LogP contribution in [0.2, 0.25) is 0 Å². The van der Waals surface area contributed by atoms with Gasteiger partial charge in [0.25, 0.3) is 5.91 Å². The van der Waals surface area contributed by atoms with Crippen LogP contribution in [0.3, 0.4) is 0 Å². The largest absolute Gasteiger partial charge is 0.376 e. The highest BCUT2D eigenvalue weighted by molar-refractivity contribution is 6.04. The molecule has 0 unspecified atom stereocenters. The molecule has 33 heavy (non-hydrogen) atoms.